The molecule has 3 nitrogen and oxygen atoms in total. The monoisotopic (exact) mass is 337 g/mol. The summed E-state index contributed by atoms with van der Waals surface area (Å²) in [7, 11) is 0. The first-order valence-electron chi connectivity index (χ1n) is 7.77. The minimum Gasteiger partial charge on any atom is -0.480 e. The highest BCUT2D eigenvalue weighted by Crippen LogP contribution is 2.26. The standard InChI is InChI=1S/C20H19NO2S/c1-14(20(22)21-16-9-6-10-17(13-16)24-2)23-19-12-5-8-15-7-3-4-11-18(15)19/h3-14H,1-2H3,(H,21,22)/t14-/m0/s1. The van der Waals surface area contributed by atoms with E-state index in [4.69, 9.17) is 4.74 Å². The molecule has 0 aliphatic carbocycles. The van der Waals surface area contributed by atoms with E-state index < -0.39 is 6.10 Å². The van der Waals surface area contributed by atoms with Crippen LogP contribution in [0, 0.1) is 0 Å². The number of nitrogens with one attached hydrogen (secondary N) is 1. The fourth-order valence-electron chi connectivity index (χ4n) is 2.49. The Kier molecular flexibility index (Phi) is 5.06. The Balaban J connectivity index is 1.73. The average Bonchev–Trinajstić information content (AvgIpc) is 2.62. The number of hydrogen-bond acceptors (Lipinski definition) is 3. The summed E-state index contributed by atoms with van der Waals surface area (Å²) in [5.74, 6) is 0.551. The summed E-state index contributed by atoms with van der Waals surface area (Å²) < 4.78 is 5.90. The third-order valence-corrected chi connectivity index (χ3v) is 4.49. The summed E-state index contributed by atoms with van der Waals surface area (Å²) in [4.78, 5) is 13.5. The third kappa shape index (κ3) is 3.71. The van der Waals surface area contributed by atoms with E-state index >= 15 is 0 Å². The molecule has 3 aromatic rings. The zero-order valence-electron chi connectivity index (χ0n) is 13.7. The Hall–Kier alpha value is -2.46. The Labute approximate surface area is 146 Å². The lowest BCUT2D eigenvalue weighted by Crippen LogP contribution is -2.30. The van der Waals surface area contributed by atoms with E-state index in [0.717, 1.165) is 21.4 Å². The van der Waals surface area contributed by atoms with Crippen LogP contribution in [0.2, 0.25) is 0 Å². The molecule has 0 radical (unpaired) electrons. The Bertz CT molecular complexity index is 858. The van der Waals surface area contributed by atoms with Crippen molar-refractivity contribution in [2.24, 2.45) is 0 Å². The van der Waals surface area contributed by atoms with Crippen LogP contribution >= 0.6 is 11.8 Å². The predicted molar refractivity (Wildman–Crippen MR) is 101 cm³/mol. The second kappa shape index (κ2) is 7.41. The first-order valence-corrected chi connectivity index (χ1v) is 8.99. The lowest BCUT2D eigenvalue weighted by atomic mass is 10.1. The van der Waals surface area contributed by atoms with Crippen LogP contribution in [0.1, 0.15) is 6.92 Å². The van der Waals surface area contributed by atoms with Gasteiger partial charge in [-0.15, -0.1) is 11.8 Å². The molecular formula is C20H19NO2S. The number of fused-ring (bicyclic) bond motifs is 1. The van der Waals surface area contributed by atoms with Gasteiger partial charge in [-0.1, -0.05) is 42.5 Å². The number of anilines is 1. The van der Waals surface area contributed by atoms with Crippen LogP contribution in [0.3, 0.4) is 0 Å². The van der Waals surface area contributed by atoms with Crippen molar-refractivity contribution in [3.8, 4) is 5.75 Å². The van der Waals surface area contributed by atoms with Crippen molar-refractivity contribution in [2.45, 2.75) is 17.9 Å². The van der Waals surface area contributed by atoms with Gasteiger partial charge in [0.15, 0.2) is 6.10 Å². The number of ether oxygens (including phenoxy) is 1. The zero-order chi connectivity index (χ0) is 16.9. The van der Waals surface area contributed by atoms with Gasteiger partial charge in [0.1, 0.15) is 5.75 Å². The third-order valence-electron chi connectivity index (χ3n) is 3.76. The van der Waals surface area contributed by atoms with Crippen molar-refractivity contribution in [1.29, 1.82) is 0 Å². The van der Waals surface area contributed by atoms with Crippen LogP contribution in [-0.2, 0) is 4.79 Å². The summed E-state index contributed by atoms with van der Waals surface area (Å²) in [5, 5.41) is 5.00. The summed E-state index contributed by atoms with van der Waals surface area (Å²) >= 11 is 1.64. The maximum atomic E-state index is 12.4. The highest BCUT2D eigenvalue weighted by Gasteiger charge is 2.16. The van der Waals surface area contributed by atoms with Gasteiger partial charge in [0.25, 0.3) is 5.91 Å². The molecule has 0 bridgehead atoms. The summed E-state index contributed by atoms with van der Waals surface area (Å²) in [5.41, 5.74) is 0.778. The first kappa shape index (κ1) is 16.4. The smallest absolute Gasteiger partial charge is 0.265 e. The number of thioether (sulfide) groups is 1. The molecular weight excluding hydrogens is 318 g/mol. The van der Waals surface area contributed by atoms with E-state index in [0.29, 0.717) is 5.75 Å². The van der Waals surface area contributed by atoms with E-state index in [1.165, 1.54) is 0 Å². The average molecular weight is 337 g/mol. The second-order valence-electron chi connectivity index (χ2n) is 5.46. The zero-order valence-corrected chi connectivity index (χ0v) is 14.5. The number of hydrogen-bond donors (Lipinski definition) is 1. The molecule has 0 unspecified atom stereocenters. The van der Waals surface area contributed by atoms with Crippen LogP contribution in [0.5, 0.6) is 5.75 Å². The number of benzene rings is 3. The van der Waals surface area contributed by atoms with Gasteiger partial charge in [-0.05, 0) is 42.8 Å². The Morgan fingerprint density at radius 3 is 2.62 bits per heavy atom. The van der Waals surface area contributed by atoms with E-state index in [2.05, 4.69) is 5.32 Å². The van der Waals surface area contributed by atoms with Crippen molar-refractivity contribution in [3.63, 3.8) is 0 Å². The van der Waals surface area contributed by atoms with Gasteiger partial charge in [0, 0.05) is 16.0 Å². The minimum absolute atomic E-state index is 0.166. The van der Waals surface area contributed by atoms with E-state index in [1.807, 2.05) is 73.0 Å². The van der Waals surface area contributed by atoms with Gasteiger partial charge in [0.2, 0.25) is 0 Å². The van der Waals surface area contributed by atoms with Gasteiger partial charge in [-0.2, -0.15) is 0 Å². The Morgan fingerprint density at radius 1 is 1.04 bits per heavy atom. The molecule has 0 aromatic heterocycles. The molecule has 1 amide bonds. The van der Waals surface area contributed by atoms with Gasteiger partial charge < -0.3 is 10.1 Å². The molecule has 0 aliphatic rings. The first-order chi connectivity index (χ1) is 11.7. The predicted octanol–water partition coefficient (Wildman–Crippen LogP) is 4.97. The lowest BCUT2D eigenvalue weighted by Gasteiger charge is -2.16. The highest BCUT2D eigenvalue weighted by molar-refractivity contribution is 7.98. The fraction of sp³-hybridized carbons (Fsp3) is 0.150. The number of amides is 1. The topological polar surface area (TPSA) is 38.3 Å². The van der Waals surface area contributed by atoms with Gasteiger partial charge in [-0.25, -0.2) is 0 Å². The molecule has 0 spiro atoms. The van der Waals surface area contributed by atoms with Gasteiger partial charge in [-0.3, -0.25) is 4.79 Å². The molecule has 0 heterocycles. The molecule has 1 N–H and O–H groups in total. The van der Waals surface area contributed by atoms with E-state index in [-0.39, 0.29) is 5.91 Å². The molecule has 0 saturated carbocycles. The van der Waals surface area contributed by atoms with Crippen LogP contribution in [0.4, 0.5) is 5.69 Å². The number of carbonyl (C=O) groups excluding carboxylic acids is 1. The summed E-state index contributed by atoms with van der Waals surface area (Å²) in [6.07, 6.45) is 1.42. The van der Waals surface area contributed by atoms with Crippen molar-refractivity contribution >= 4 is 34.1 Å². The molecule has 0 aliphatic heterocycles. The van der Waals surface area contributed by atoms with Crippen LogP contribution in [0.15, 0.2) is 71.6 Å². The van der Waals surface area contributed by atoms with Crippen LogP contribution in [0.25, 0.3) is 10.8 Å². The molecule has 0 fully saturated rings. The molecule has 4 heteroatoms. The number of rotatable bonds is 5. The SMILES string of the molecule is CSc1cccc(NC(=O)[C@H](C)Oc2cccc3ccccc23)c1. The van der Waals surface area contributed by atoms with Crippen molar-refractivity contribution in [2.75, 3.05) is 11.6 Å². The van der Waals surface area contributed by atoms with Crippen LogP contribution in [-0.4, -0.2) is 18.3 Å². The normalized spacial score (nSPS) is 11.9. The quantitative estimate of drug-likeness (QED) is 0.668. The minimum atomic E-state index is -0.589. The molecule has 3 rings (SSSR count). The summed E-state index contributed by atoms with van der Waals surface area (Å²) in [6, 6.07) is 21.6. The van der Waals surface area contributed by atoms with Crippen molar-refractivity contribution in [3.05, 3.63) is 66.7 Å². The largest absolute Gasteiger partial charge is 0.480 e. The van der Waals surface area contributed by atoms with Gasteiger partial charge in [0.05, 0.1) is 0 Å². The maximum Gasteiger partial charge on any atom is 0.265 e. The van der Waals surface area contributed by atoms with Gasteiger partial charge >= 0.3 is 0 Å². The molecule has 3 aromatic carbocycles. The van der Waals surface area contributed by atoms with E-state index in [9.17, 15) is 4.79 Å². The lowest BCUT2D eigenvalue weighted by molar-refractivity contribution is -0.122. The fourth-order valence-corrected chi connectivity index (χ4v) is 2.95. The van der Waals surface area contributed by atoms with Crippen LogP contribution < -0.4 is 10.1 Å². The van der Waals surface area contributed by atoms with E-state index in [1.54, 1.807) is 18.7 Å². The Morgan fingerprint density at radius 2 is 1.79 bits per heavy atom. The van der Waals surface area contributed by atoms with Crippen molar-refractivity contribution < 1.29 is 9.53 Å². The molecule has 122 valence electrons. The molecule has 24 heavy (non-hydrogen) atoms. The summed E-state index contributed by atoms with van der Waals surface area (Å²) in [6.45, 7) is 1.76. The second-order valence-corrected chi connectivity index (χ2v) is 6.34. The highest BCUT2D eigenvalue weighted by atomic mass is 32.2. The molecule has 0 saturated heterocycles. The number of carbonyl (C=O) groups is 1. The maximum absolute atomic E-state index is 12.4. The van der Waals surface area contributed by atoms with Crippen molar-refractivity contribution in [1.82, 2.24) is 0 Å². The molecule has 1 atom stereocenters.